The molecule has 0 aliphatic carbocycles. The van der Waals surface area contributed by atoms with Crippen LogP contribution in [-0.2, 0) is 11.3 Å². The first kappa shape index (κ1) is 23.3. The SMILES string of the molecule is COc1cccc(C(CN2CCN(C(=O)c3ccccc3)CC2)OCc2cccc(Cl)c2)c1. The molecule has 5 nitrogen and oxygen atoms in total. The van der Waals surface area contributed by atoms with Crippen molar-refractivity contribution in [1.29, 1.82) is 0 Å². The van der Waals surface area contributed by atoms with Crippen molar-refractivity contribution in [3.05, 3.63) is 101 Å². The molecule has 1 unspecified atom stereocenters. The average Bonchev–Trinajstić information content (AvgIpc) is 2.87. The number of rotatable bonds is 8. The second-order valence-electron chi connectivity index (χ2n) is 8.17. The summed E-state index contributed by atoms with van der Waals surface area (Å²) in [5.41, 5.74) is 2.85. The number of nitrogens with zero attached hydrogens (tertiary/aromatic N) is 2. The van der Waals surface area contributed by atoms with Crippen LogP contribution in [0.15, 0.2) is 78.9 Å². The van der Waals surface area contributed by atoms with E-state index in [2.05, 4.69) is 11.0 Å². The number of hydrogen-bond donors (Lipinski definition) is 0. The summed E-state index contributed by atoms with van der Waals surface area (Å²) in [7, 11) is 1.67. The Morgan fingerprint density at radius 1 is 0.939 bits per heavy atom. The van der Waals surface area contributed by atoms with E-state index in [1.54, 1.807) is 7.11 Å². The Kier molecular flexibility index (Phi) is 8.00. The van der Waals surface area contributed by atoms with E-state index in [4.69, 9.17) is 21.1 Å². The molecule has 1 atom stereocenters. The fraction of sp³-hybridized carbons (Fsp3) is 0.296. The van der Waals surface area contributed by atoms with Crippen LogP contribution >= 0.6 is 11.6 Å². The van der Waals surface area contributed by atoms with Crippen LogP contribution in [-0.4, -0.2) is 55.5 Å². The molecule has 1 aliphatic heterocycles. The zero-order chi connectivity index (χ0) is 23.0. The molecule has 0 aromatic heterocycles. The first-order valence-electron chi connectivity index (χ1n) is 11.2. The van der Waals surface area contributed by atoms with Crippen molar-refractivity contribution in [3.8, 4) is 5.75 Å². The monoisotopic (exact) mass is 464 g/mol. The summed E-state index contributed by atoms with van der Waals surface area (Å²) in [6.45, 7) is 4.22. The van der Waals surface area contributed by atoms with E-state index in [1.807, 2.05) is 77.7 Å². The van der Waals surface area contributed by atoms with Gasteiger partial charge in [0.05, 0.1) is 19.8 Å². The topological polar surface area (TPSA) is 42.0 Å². The molecule has 0 radical (unpaired) electrons. The minimum Gasteiger partial charge on any atom is -0.497 e. The van der Waals surface area contributed by atoms with Crippen molar-refractivity contribution in [2.24, 2.45) is 0 Å². The van der Waals surface area contributed by atoms with Gasteiger partial charge < -0.3 is 14.4 Å². The highest BCUT2D eigenvalue weighted by molar-refractivity contribution is 6.30. The van der Waals surface area contributed by atoms with Gasteiger partial charge in [0.15, 0.2) is 0 Å². The molecule has 1 aliphatic rings. The number of methoxy groups -OCH3 is 1. The van der Waals surface area contributed by atoms with Gasteiger partial charge in [-0.25, -0.2) is 0 Å². The molecule has 6 heteroatoms. The summed E-state index contributed by atoms with van der Waals surface area (Å²) in [6.07, 6.45) is -0.129. The van der Waals surface area contributed by atoms with Crippen molar-refractivity contribution in [1.82, 2.24) is 9.80 Å². The van der Waals surface area contributed by atoms with E-state index in [0.29, 0.717) is 24.7 Å². The van der Waals surface area contributed by atoms with Crippen LogP contribution in [0.2, 0.25) is 5.02 Å². The molecule has 0 bridgehead atoms. The lowest BCUT2D eigenvalue weighted by atomic mass is 10.1. The Labute approximate surface area is 200 Å². The van der Waals surface area contributed by atoms with Gasteiger partial charge in [-0.3, -0.25) is 9.69 Å². The van der Waals surface area contributed by atoms with Crippen LogP contribution in [0.5, 0.6) is 5.75 Å². The normalized spacial score (nSPS) is 15.3. The first-order chi connectivity index (χ1) is 16.1. The highest BCUT2D eigenvalue weighted by Gasteiger charge is 2.25. The van der Waals surface area contributed by atoms with Gasteiger partial charge in [0.2, 0.25) is 0 Å². The van der Waals surface area contributed by atoms with Crippen molar-refractivity contribution >= 4 is 17.5 Å². The van der Waals surface area contributed by atoms with Crippen molar-refractivity contribution in [3.63, 3.8) is 0 Å². The molecule has 0 N–H and O–H groups in total. The Balaban J connectivity index is 1.41. The van der Waals surface area contributed by atoms with Crippen LogP contribution in [0.1, 0.15) is 27.6 Å². The Bertz CT molecular complexity index is 1050. The van der Waals surface area contributed by atoms with Gasteiger partial charge in [-0.2, -0.15) is 0 Å². The number of hydrogen-bond acceptors (Lipinski definition) is 4. The summed E-state index contributed by atoms with van der Waals surface area (Å²) in [4.78, 5) is 17.1. The minimum absolute atomic E-state index is 0.0943. The smallest absolute Gasteiger partial charge is 0.253 e. The van der Waals surface area contributed by atoms with Gasteiger partial charge >= 0.3 is 0 Å². The second-order valence-corrected chi connectivity index (χ2v) is 8.60. The average molecular weight is 465 g/mol. The molecule has 3 aromatic carbocycles. The summed E-state index contributed by atoms with van der Waals surface area (Å²) >= 11 is 6.14. The molecule has 4 rings (SSSR count). The molecule has 1 saturated heterocycles. The second kappa shape index (κ2) is 11.3. The maximum absolute atomic E-state index is 12.8. The van der Waals surface area contributed by atoms with Crippen LogP contribution in [0.4, 0.5) is 0 Å². The zero-order valence-electron chi connectivity index (χ0n) is 18.8. The quantitative estimate of drug-likeness (QED) is 0.467. The van der Waals surface area contributed by atoms with E-state index in [1.165, 1.54) is 0 Å². The number of carbonyl (C=O) groups excluding carboxylic acids is 1. The summed E-state index contributed by atoms with van der Waals surface area (Å²) < 4.78 is 11.8. The fourth-order valence-electron chi connectivity index (χ4n) is 4.05. The third-order valence-electron chi connectivity index (χ3n) is 5.91. The lowest BCUT2D eigenvalue weighted by Crippen LogP contribution is -2.49. The predicted octanol–water partition coefficient (Wildman–Crippen LogP) is 5.06. The molecule has 0 spiro atoms. The Morgan fingerprint density at radius 3 is 2.42 bits per heavy atom. The standard InChI is InChI=1S/C27H29ClN2O3/c1-32-25-12-6-10-23(18-25)26(33-20-21-7-5-11-24(28)17-21)19-29-13-15-30(16-14-29)27(31)22-8-3-2-4-9-22/h2-12,17-18,26H,13-16,19-20H2,1H3. The van der Waals surface area contributed by atoms with Crippen molar-refractivity contribution < 1.29 is 14.3 Å². The lowest BCUT2D eigenvalue weighted by Gasteiger charge is -2.36. The van der Waals surface area contributed by atoms with Gasteiger partial charge in [0.25, 0.3) is 5.91 Å². The third-order valence-corrected chi connectivity index (χ3v) is 6.15. The van der Waals surface area contributed by atoms with Gasteiger partial charge in [-0.05, 0) is 47.5 Å². The number of benzene rings is 3. The molecule has 33 heavy (non-hydrogen) atoms. The lowest BCUT2D eigenvalue weighted by molar-refractivity contribution is 0.00333. The number of carbonyl (C=O) groups is 1. The largest absolute Gasteiger partial charge is 0.497 e. The van der Waals surface area contributed by atoms with Gasteiger partial charge in [-0.1, -0.05) is 54.1 Å². The number of halogens is 1. The van der Waals surface area contributed by atoms with Gasteiger partial charge in [-0.15, -0.1) is 0 Å². The molecule has 172 valence electrons. The van der Waals surface area contributed by atoms with E-state index in [-0.39, 0.29) is 12.0 Å². The highest BCUT2D eigenvalue weighted by atomic mass is 35.5. The van der Waals surface area contributed by atoms with Crippen LogP contribution in [0.3, 0.4) is 0 Å². The van der Waals surface area contributed by atoms with Crippen LogP contribution in [0, 0.1) is 0 Å². The van der Waals surface area contributed by atoms with Crippen molar-refractivity contribution in [2.45, 2.75) is 12.7 Å². The fourth-order valence-corrected chi connectivity index (χ4v) is 4.26. The zero-order valence-corrected chi connectivity index (χ0v) is 19.6. The molecule has 1 amide bonds. The molecular formula is C27H29ClN2O3. The van der Waals surface area contributed by atoms with E-state index in [0.717, 1.165) is 42.1 Å². The maximum atomic E-state index is 12.8. The van der Waals surface area contributed by atoms with Crippen LogP contribution in [0.25, 0.3) is 0 Å². The van der Waals surface area contributed by atoms with E-state index < -0.39 is 0 Å². The van der Waals surface area contributed by atoms with E-state index >= 15 is 0 Å². The maximum Gasteiger partial charge on any atom is 0.253 e. The molecule has 3 aromatic rings. The Hall–Kier alpha value is -2.86. The number of amides is 1. The summed E-state index contributed by atoms with van der Waals surface area (Å²) in [6, 6.07) is 25.2. The van der Waals surface area contributed by atoms with E-state index in [9.17, 15) is 4.79 Å². The molecule has 1 heterocycles. The third kappa shape index (κ3) is 6.35. The summed E-state index contributed by atoms with van der Waals surface area (Å²) in [5.74, 6) is 0.902. The Morgan fingerprint density at radius 2 is 1.70 bits per heavy atom. The van der Waals surface area contributed by atoms with Crippen molar-refractivity contribution in [2.75, 3.05) is 39.8 Å². The summed E-state index contributed by atoms with van der Waals surface area (Å²) in [5, 5.41) is 0.702. The highest BCUT2D eigenvalue weighted by Crippen LogP contribution is 2.25. The van der Waals surface area contributed by atoms with Crippen LogP contribution < -0.4 is 4.74 Å². The number of piperazine rings is 1. The molecule has 1 fully saturated rings. The first-order valence-corrected chi connectivity index (χ1v) is 11.6. The number of ether oxygens (including phenoxy) is 2. The van der Waals surface area contributed by atoms with Gasteiger partial charge in [0.1, 0.15) is 5.75 Å². The minimum atomic E-state index is -0.129. The predicted molar refractivity (Wildman–Crippen MR) is 131 cm³/mol. The molecular weight excluding hydrogens is 436 g/mol. The van der Waals surface area contributed by atoms with Gasteiger partial charge in [0, 0.05) is 43.3 Å². The molecule has 0 saturated carbocycles.